The average Bonchev–Trinajstić information content (AvgIpc) is 3.57. The summed E-state index contributed by atoms with van der Waals surface area (Å²) in [5.41, 5.74) is 0. The van der Waals surface area contributed by atoms with Crippen LogP contribution in [0.5, 0.6) is 0 Å². The number of phosphoric ester groups is 2. The predicted molar refractivity (Wildman–Crippen MR) is 349 cm³/mol. The van der Waals surface area contributed by atoms with Gasteiger partial charge in [-0.25, -0.2) is 9.13 Å². The Labute approximate surface area is 530 Å². The summed E-state index contributed by atoms with van der Waals surface area (Å²) < 4.78 is 68.1. The van der Waals surface area contributed by atoms with Crippen LogP contribution in [0, 0.1) is 11.8 Å². The molecule has 0 saturated heterocycles. The van der Waals surface area contributed by atoms with Crippen LogP contribution in [0.1, 0.15) is 343 Å². The molecule has 0 rings (SSSR count). The second-order valence-corrected chi connectivity index (χ2v) is 28.2. The number of rotatable bonds is 67. The van der Waals surface area contributed by atoms with E-state index in [0.29, 0.717) is 25.7 Å². The topological polar surface area (TPSA) is 237 Å². The van der Waals surface area contributed by atoms with Crippen molar-refractivity contribution >= 4 is 39.5 Å². The molecule has 0 bridgehead atoms. The quantitative estimate of drug-likeness (QED) is 0.0222. The molecule has 17 nitrogen and oxygen atoms in total. The molecule has 0 aromatic carbocycles. The lowest BCUT2D eigenvalue weighted by Crippen LogP contribution is -2.30. The smallest absolute Gasteiger partial charge is 0.462 e. The van der Waals surface area contributed by atoms with E-state index in [1.54, 1.807) is 0 Å². The molecular weight excluding hydrogens is 1150 g/mol. The van der Waals surface area contributed by atoms with E-state index >= 15 is 0 Å². The van der Waals surface area contributed by atoms with Gasteiger partial charge in [-0.05, 0) is 37.5 Å². The Bertz CT molecular complexity index is 1700. The summed E-state index contributed by atoms with van der Waals surface area (Å²) in [6, 6.07) is 0. The number of carbonyl (C=O) groups excluding carboxylic acids is 4. The zero-order valence-corrected chi connectivity index (χ0v) is 58.1. The van der Waals surface area contributed by atoms with Crippen LogP contribution in [0.4, 0.5) is 0 Å². The number of aliphatic hydroxyl groups is 1. The largest absolute Gasteiger partial charge is 0.472 e. The number of phosphoric acid groups is 2. The third kappa shape index (κ3) is 61.3. The van der Waals surface area contributed by atoms with Crippen molar-refractivity contribution in [2.75, 3.05) is 39.6 Å². The summed E-state index contributed by atoms with van der Waals surface area (Å²) >= 11 is 0. The maximum atomic E-state index is 13.0. The van der Waals surface area contributed by atoms with E-state index in [1.165, 1.54) is 148 Å². The minimum atomic E-state index is -4.95. The molecule has 0 aromatic heterocycles. The molecule has 0 saturated carbocycles. The van der Waals surface area contributed by atoms with Crippen molar-refractivity contribution in [3.63, 3.8) is 0 Å². The highest BCUT2D eigenvalue weighted by Gasteiger charge is 2.30. The molecule has 3 N–H and O–H groups in total. The zero-order valence-electron chi connectivity index (χ0n) is 56.3. The minimum absolute atomic E-state index is 0.104. The summed E-state index contributed by atoms with van der Waals surface area (Å²) in [7, 11) is -9.89. The van der Waals surface area contributed by atoms with Crippen molar-refractivity contribution in [2.24, 2.45) is 11.8 Å². The maximum absolute atomic E-state index is 13.0. The normalized spacial score (nSPS) is 14.5. The standard InChI is InChI=1S/C68H132O17P2/c1-7-10-12-14-16-17-18-19-20-21-22-23-24-25-34-40-46-52-67(72)84-64(57-79-66(71)51-45-39-33-29-27-32-37-43-49-61(6)9-3)59-83-87(76,77)81-55-62(69)54-80-86(74,75)82-58-63(56-78-65(70)50-44-38-30-15-13-11-8-2)85-68(73)53-47-41-35-28-26-31-36-42-48-60(4)5/h60-64,69H,7-59H2,1-6H3,(H,74,75)(H,76,77)/t61?,62-,63+,64+/m0/s1. The van der Waals surface area contributed by atoms with Gasteiger partial charge < -0.3 is 33.8 Å². The van der Waals surface area contributed by atoms with E-state index < -0.39 is 97.5 Å². The first-order chi connectivity index (χ1) is 41.9. The van der Waals surface area contributed by atoms with Gasteiger partial charge in [0.2, 0.25) is 0 Å². The molecule has 0 amide bonds. The molecule has 0 radical (unpaired) electrons. The lowest BCUT2D eigenvalue weighted by molar-refractivity contribution is -0.161. The molecule has 0 spiro atoms. The van der Waals surface area contributed by atoms with Gasteiger partial charge in [0.05, 0.1) is 26.4 Å². The molecular formula is C68H132O17P2. The third-order valence-electron chi connectivity index (χ3n) is 16.1. The third-order valence-corrected chi connectivity index (χ3v) is 18.0. The molecule has 19 heteroatoms. The van der Waals surface area contributed by atoms with Gasteiger partial charge in [0.15, 0.2) is 12.2 Å². The Morgan fingerprint density at radius 2 is 0.586 bits per heavy atom. The highest BCUT2D eigenvalue weighted by atomic mass is 31.2. The van der Waals surface area contributed by atoms with E-state index in [9.17, 15) is 43.2 Å². The predicted octanol–water partition coefficient (Wildman–Crippen LogP) is 19.2. The van der Waals surface area contributed by atoms with E-state index in [0.717, 1.165) is 115 Å². The van der Waals surface area contributed by atoms with Crippen molar-refractivity contribution in [3.8, 4) is 0 Å². The Balaban J connectivity index is 5.20. The van der Waals surface area contributed by atoms with Crippen molar-refractivity contribution in [1.29, 1.82) is 0 Å². The molecule has 3 unspecified atom stereocenters. The van der Waals surface area contributed by atoms with Crippen molar-refractivity contribution < 1.29 is 80.2 Å². The molecule has 516 valence electrons. The number of unbranched alkanes of at least 4 members (excludes halogenated alkanes) is 36. The summed E-state index contributed by atoms with van der Waals surface area (Å²) in [6.07, 6.45) is 44.6. The fourth-order valence-corrected chi connectivity index (χ4v) is 11.8. The first-order valence-corrected chi connectivity index (χ1v) is 38.5. The van der Waals surface area contributed by atoms with E-state index in [1.807, 2.05) is 0 Å². The Morgan fingerprint density at radius 3 is 0.874 bits per heavy atom. The van der Waals surface area contributed by atoms with Crippen LogP contribution in [0.15, 0.2) is 0 Å². The molecule has 0 heterocycles. The van der Waals surface area contributed by atoms with Gasteiger partial charge >= 0.3 is 39.5 Å². The number of carbonyl (C=O) groups is 4. The van der Waals surface area contributed by atoms with Crippen LogP contribution in [0.3, 0.4) is 0 Å². The lowest BCUT2D eigenvalue weighted by Gasteiger charge is -2.21. The summed E-state index contributed by atoms with van der Waals surface area (Å²) in [4.78, 5) is 72.3. The van der Waals surface area contributed by atoms with Crippen LogP contribution in [-0.2, 0) is 65.4 Å². The lowest BCUT2D eigenvalue weighted by atomic mass is 9.99. The average molecular weight is 1280 g/mol. The van der Waals surface area contributed by atoms with E-state index in [-0.39, 0.29) is 25.7 Å². The molecule has 0 aromatic rings. The number of esters is 4. The van der Waals surface area contributed by atoms with Crippen molar-refractivity contribution in [2.45, 2.75) is 362 Å². The molecule has 0 aliphatic heterocycles. The summed E-state index contributed by atoms with van der Waals surface area (Å²) in [6.45, 7) is 9.45. The van der Waals surface area contributed by atoms with Crippen molar-refractivity contribution in [1.82, 2.24) is 0 Å². The van der Waals surface area contributed by atoms with Gasteiger partial charge in [0.25, 0.3) is 0 Å². The molecule has 0 aliphatic carbocycles. The van der Waals surface area contributed by atoms with Gasteiger partial charge in [-0.2, -0.15) is 0 Å². The molecule has 6 atom stereocenters. The van der Waals surface area contributed by atoms with Crippen LogP contribution in [-0.4, -0.2) is 96.7 Å². The second-order valence-electron chi connectivity index (χ2n) is 25.3. The van der Waals surface area contributed by atoms with Gasteiger partial charge in [-0.1, -0.05) is 292 Å². The van der Waals surface area contributed by atoms with Crippen molar-refractivity contribution in [3.05, 3.63) is 0 Å². The number of hydrogen-bond acceptors (Lipinski definition) is 15. The number of ether oxygens (including phenoxy) is 4. The fraction of sp³-hybridized carbons (Fsp3) is 0.941. The van der Waals surface area contributed by atoms with Gasteiger partial charge in [0.1, 0.15) is 19.3 Å². The molecule has 0 aliphatic rings. The fourth-order valence-electron chi connectivity index (χ4n) is 10.2. The minimum Gasteiger partial charge on any atom is -0.462 e. The maximum Gasteiger partial charge on any atom is 0.472 e. The highest BCUT2D eigenvalue weighted by Crippen LogP contribution is 2.45. The summed E-state index contributed by atoms with van der Waals surface area (Å²) in [5, 5.41) is 10.6. The summed E-state index contributed by atoms with van der Waals surface area (Å²) in [5.74, 6) is -0.637. The first-order valence-electron chi connectivity index (χ1n) is 35.5. The van der Waals surface area contributed by atoms with Gasteiger partial charge in [0, 0.05) is 25.7 Å². The van der Waals surface area contributed by atoms with Gasteiger partial charge in [-0.15, -0.1) is 0 Å². The highest BCUT2D eigenvalue weighted by molar-refractivity contribution is 7.47. The van der Waals surface area contributed by atoms with E-state index in [4.69, 9.17) is 37.0 Å². The van der Waals surface area contributed by atoms with Gasteiger partial charge in [-0.3, -0.25) is 37.3 Å². The Morgan fingerprint density at radius 1 is 0.333 bits per heavy atom. The van der Waals surface area contributed by atoms with Crippen LogP contribution in [0.2, 0.25) is 0 Å². The van der Waals surface area contributed by atoms with E-state index in [2.05, 4.69) is 41.5 Å². The monoisotopic (exact) mass is 1280 g/mol. The van der Waals surface area contributed by atoms with Crippen LogP contribution in [0.25, 0.3) is 0 Å². The number of hydrogen-bond donors (Lipinski definition) is 3. The van der Waals surface area contributed by atoms with Crippen LogP contribution >= 0.6 is 15.6 Å². The first kappa shape index (κ1) is 85.1. The molecule has 87 heavy (non-hydrogen) atoms. The Hall–Kier alpha value is -1.94. The Kier molecular flexibility index (Phi) is 59.0. The second kappa shape index (κ2) is 60.3. The SMILES string of the molecule is CCCCCCCCCCCCCCCCCCCC(=O)O[C@H](COC(=O)CCCCCCCCCCC(C)CC)COP(=O)(O)OC[C@@H](O)COP(=O)(O)OC[C@@H](COC(=O)CCCCCCCCC)OC(=O)CCCCCCCCCCC(C)C. The van der Waals surface area contributed by atoms with Crippen LogP contribution < -0.4 is 0 Å². The molecule has 0 fully saturated rings. The number of aliphatic hydroxyl groups excluding tert-OH is 1. The zero-order chi connectivity index (χ0) is 64.3.